The van der Waals surface area contributed by atoms with Crippen LogP contribution < -0.4 is 0 Å². The standard InChI is InChI=1S/C10H20O2/c1-10(7-4-8-11)6-3-2-5-9(10)12/h9,11-12H,2-8H2,1H3/t9?,10-/m1/s1. The molecule has 0 aromatic carbocycles. The van der Waals surface area contributed by atoms with Crippen molar-refractivity contribution in [3.63, 3.8) is 0 Å². The molecule has 2 N–H and O–H groups in total. The van der Waals surface area contributed by atoms with Crippen LogP contribution in [0.4, 0.5) is 0 Å². The Morgan fingerprint density at radius 2 is 2.17 bits per heavy atom. The molecule has 1 aliphatic carbocycles. The molecule has 72 valence electrons. The Kier molecular flexibility index (Phi) is 3.53. The van der Waals surface area contributed by atoms with Crippen LogP contribution in [0, 0.1) is 5.41 Å². The molecule has 1 aliphatic rings. The van der Waals surface area contributed by atoms with Gasteiger partial charge in [-0.2, -0.15) is 0 Å². The molecular formula is C10H20O2. The number of aliphatic hydroxyl groups excluding tert-OH is 2. The largest absolute Gasteiger partial charge is 0.396 e. The first-order chi connectivity index (χ1) is 5.69. The molecule has 0 radical (unpaired) electrons. The van der Waals surface area contributed by atoms with E-state index in [0.29, 0.717) is 0 Å². The summed E-state index contributed by atoms with van der Waals surface area (Å²) in [6, 6.07) is 0. The van der Waals surface area contributed by atoms with E-state index in [2.05, 4.69) is 6.92 Å². The van der Waals surface area contributed by atoms with E-state index in [1.54, 1.807) is 0 Å². The fourth-order valence-corrected chi connectivity index (χ4v) is 2.16. The van der Waals surface area contributed by atoms with Gasteiger partial charge in [-0.05, 0) is 31.1 Å². The van der Waals surface area contributed by atoms with E-state index in [9.17, 15) is 5.11 Å². The van der Waals surface area contributed by atoms with Crippen LogP contribution >= 0.6 is 0 Å². The topological polar surface area (TPSA) is 40.5 Å². The molecule has 2 heteroatoms. The van der Waals surface area contributed by atoms with Gasteiger partial charge in [0.05, 0.1) is 6.10 Å². The molecule has 1 saturated carbocycles. The first-order valence-corrected chi connectivity index (χ1v) is 4.98. The number of hydrogen-bond donors (Lipinski definition) is 2. The summed E-state index contributed by atoms with van der Waals surface area (Å²) in [7, 11) is 0. The number of hydrogen-bond acceptors (Lipinski definition) is 2. The minimum Gasteiger partial charge on any atom is -0.396 e. The lowest BCUT2D eigenvalue weighted by Gasteiger charge is -2.38. The van der Waals surface area contributed by atoms with Crippen LogP contribution in [0.3, 0.4) is 0 Å². The Morgan fingerprint density at radius 3 is 2.75 bits per heavy atom. The van der Waals surface area contributed by atoms with Gasteiger partial charge in [0.1, 0.15) is 0 Å². The van der Waals surface area contributed by atoms with Gasteiger partial charge < -0.3 is 10.2 Å². The molecule has 0 aliphatic heterocycles. The van der Waals surface area contributed by atoms with Crippen molar-refractivity contribution in [3.8, 4) is 0 Å². The summed E-state index contributed by atoms with van der Waals surface area (Å²) in [5.74, 6) is 0. The molecule has 2 nitrogen and oxygen atoms in total. The minimum atomic E-state index is -0.141. The SMILES string of the molecule is C[C@]1(CCCO)CCCCC1O. The van der Waals surface area contributed by atoms with Crippen molar-refractivity contribution in [3.05, 3.63) is 0 Å². The van der Waals surface area contributed by atoms with Crippen LogP contribution in [0.25, 0.3) is 0 Å². The van der Waals surface area contributed by atoms with Crippen molar-refractivity contribution in [2.24, 2.45) is 5.41 Å². The van der Waals surface area contributed by atoms with Crippen LogP contribution in [0.15, 0.2) is 0 Å². The lowest BCUT2D eigenvalue weighted by Crippen LogP contribution is -2.35. The summed E-state index contributed by atoms with van der Waals surface area (Å²) >= 11 is 0. The van der Waals surface area contributed by atoms with E-state index in [1.807, 2.05) is 0 Å². The molecule has 0 saturated heterocycles. The van der Waals surface area contributed by atoms with E-state index in [1.165, 1.54) is 6.42 Å². The van der Waals surface area contributed by atoms with Gasteiger partial charge in [-0.15, -0.1) is 0 Å². The molecule has 0 aromatic rings. The Bertz CT molecular complexity index is 136. The van der Waals surface area contributed by atoms with Gasteiger partial charge in [0.25, 0.3) is 0 Å². The fourth-order valence-electron chi connectivity index (χ4n) is 2.16. The smallest absolute Gasteiger partial charge is 0.0593 e. The van der Waals surface area contributed by atoms with Crippen LogP contribution in [0.2, 0.25) is 0 Å². The maximum absolute atomic E-state index is 9.77. The highest BCUT2D eigenvalue weighted by molar-refractivity contribution is 4.85. The lowest BCUT2D eigenvalue weighted by atomic mass is 9.71. The lowest BCUT2D eigenvalue weighted by molar-refractivity contribution is -0.00856. The second-order valence-electron chi connectivity index (χ2n) is 4.24. The Morgan fingerprint density at radius 1 is 1.42 bits per heavy atom. The molecule has 2 atom stereocenters. The Labute approximate surface area is 74.6 Å². The molecule has 0 heterocycles. The molecule has 1 unspecified atom stereocenters. The summed E-state index contributed by atoms with van der Waals surface area (Å²) in [6.45, 7) is 2.40. The summed E-state index contributed by atoms with van der Waals surface area (Å²) < 4.78 is 0. The molecule has 0 aromatic heterocycles. The summed E-state index contributed by atoms with van der Waals surface area (Å²) in [4.78, 5) is 0. The fraction of sp³-hybridized carbons (Fsp3) is 1.00. The van der Waals surface area contributed by atoms with Gasteiger partial charge in [0.15, 0.2) is 0 Å². The van der Waals surface area contributed by atoms with Gasteiger partial charge in [0.2, 0.25) is 0 Å². The molecule has 0 bridgehead atoms. The monoisotopic (exact) mass is 172 g/mol. The first-order valence-electron chi connectivity index (χ1n) is 4.98. The predicted octanol–water partition coefficient (Wildman–Crippen LogP) is 1.70. The second-order valence-corrected chi connectivity index (χ2v) is 4.24. The number of aliphatic hydroxyl groups is 2. The van der Waals surface area contributed by atoms with Crippen molar-refractivity contribution in [1.82, 2.24) is 0 Å². The summed E-state index contributed by atoms with van der Waals surface area (Å²) in [5, 5.41) is 18.5. The third-order valence-electron chi connectivity index (χ3n) is 3.19. The zero-order chi connectivity index (χ0) is 9.03. The van der Waals surface area contributed by atoms with E-state index in [4.69, 9.17) is 5.11 Å². The van der Waals surface area contributed by atoms with Crippen LogP contribution in [0.1, 0.15) is 45.4 Å². The third kappa shape index (κ3) is 2.20. The number of rotatable bonds is 3. The predicted molar refractivity (Wildman–Crippen MR) is 48.9 cm³/mol. The molecular weight excluding hydrogens is 152 g/mol. The minimum absolute atomic E-state index is 0.0843. The second kappa shape index (κ2) is 4.24. The average molecular weight is 172 g/mol. The zero-order valence-corrected chi connectivity index (χ0v) is 7.92. The van der Waals surface area contributed by atoms with Gasteiger partial charge >= 0.3 is 0 Å². The van der Waals surface area contributed by atoms with Crippen molar-refractivity contribution in [1.29, 1.82) is 0 Å². The third-order valence-corrected chi connectivity index (χ3v) is 3.19. The van der Waals surface area contributed by atoms with E-state index >= 15 is 0 Å². The van der Waals surface area contributed by atoms with Crippen molar-refractivity contribution in [2.45, 2.75) is 51.6 Å². The highest BCUT2D eigenvalue weighted by atomic mass is 16.3. The van der Waals surface area contributed by atoms with Gasteiger partial charge in [-0.25, -0.2) is 0 Å². The quantitative estimate of drug-likeness (QED) is 0.680. The molecule has 0 spiro atoms. The van der Waals surface area contributed by atoms with Crippen molar-refractivity contribution >= 4 is 0 Å². The van der Waals surface area contributed by atoms with E-state index < -0.39 is 0 Å². The molecule has 1 fully saturated rings. The summed E-state index contributed by atoms with van der Waals surface area (Å²) in [6.07, 6.45) is 6.11. The molecule has 12 heavy (non-hydrogen) atoms. The van der Waals surface area contributed by atoms with Crippen LogP contribution in [0.5, 0.6) is 0 Å². The summed E-state index contributed by atoms with van der Waals surface area (Å²) in [5.41, 5.74) is 0.0843. The average Bonchev–Trinajstić information content (AvgIpc) is 2.07. The van der Waals surface area contributed by atoms with Gasteiger partial charge in [-0.1, -0.05) is 19.8 Å². The maximum Gasteiger partial charge on any atom is 0.0593 e. The van der Waals surface area contributed by atoms with E-state index in [0.717, 1.165) is 32.1 Å². The first kappa shape index (κ1) is 10.0. The molecule has 1 rings (SSSR count). The van der Waals surface area contributed by atoms with Crippen LogP contribution in [-0.2, 0) is 0 Å². The van der Waals surface area contributed by atoms with E-state index in [-0.39, 0.29) is 18.1 Å². The highest BCUT2D eigenvalue weighted by Crippen LogP contribution is 2.39. The van der Waals surface area contributed by atoms with Crippen molar-refractivity contribution in [2.75, 3.05) is 6.61 Å². The van der Waals surface area contributed by atoms with Crippen molar-refractivity contribution < 1.29 is 10.2 Å². The zero-order valence-electron chi connectivity index (χ0n) is 7.92. The maximum atomic E-state index is 9.77. The van der Waals surface area contributed by atoms with Crippen LogP contribution in [-0.4, -0.2) is 22.9 Å². The Balaban J connectivity index is 2.42. The van der Waals surface area contributed by atoms with Gasteiger partial charge in [-0.3, -0.25) is 0 Å². The Hall–Kier alpha value is -0.0800. The van der Waals surface area contributed by atoms with Gasteiger partial charge in [0, 0.05) is 6.61 Å². The normalized spacial score (nSPS) is 36.8. The molecule has 0 amide bonds. The highest BCUT2D eigenvalue weighted by Gasteiger charge is 2.34.